The highest BCUT2D eigenvalue weighted by Crippen LogP contribution is 2.71. The number of rotatable bonds is 4. The van der Waals surface area contributed by atoms with Crippen LogP contribution in [0.2, 0.25) is 0 Å². The summed E-state index contributed by atoms with van der Waals surface area (Å²) in [4.78, 5) is 17.6. The molecule has 8 aromatic rings. The average molecular weight is 878 g/mol. The number of fused-ring (bicyclic) bond motifs is 7. The van der Waals surface area contributed by atoms with Gasteiger partial charge in [-0.1, -0.05) is 169 Å². The van der Waals surface area contributed by atoms with Gasteiger partial charge in [-0.05, 0) is 146 Å². The molecule has 0 amide bonds. The molecule has 0 unspecified atom stereocenters. The van der Waals surface area contributed by atoms with E-state index in [2.05, 4.69) is 181 Å². The molecule has 0 radical (unpaired) electrons. The highest BCUT2D eigenvalue weighted by Gasteiger charge is 2.62. The van der Waals surface area contributed by atoms with Gasteiger partial charge in [0.15, 0.2) is 17.5 Å². The highest BCUT2D eigenvalue weighted by molar-refractivity contribution is 7.99. The van der Waals surface area contributed by atoms with Crippen LogP contribution in [0.15, 0.2) is 149 Å². The van der Waals surface area contributed by atoms with Crippen LogP contribution in [0.4, 0.5) is 0 Å². The molecule has 4 bridgehead atoms. The van der Waals surface area contributed by atoms with E-state index in [1.165, 1.54) is 70.0 Å². The Hall–Kier alpha value is -6.04. The molecule has 4 saturated carbocycles. The van der Waals surface area contributed by atoms with Crippen LogP contribution >= 0.6 is 11.8 Å². The number of aromatic nitrogens is 3. The molecule has 5 heteroatoms. The second-order valence-corrected chi connectivity index (χ2v) is 23.2. The normalized spacial score (nSPS) is 22.2. The summed E-state index contributed by atoms with van der Waals surface area (Å²) in [7, 11) is 0. The van der Waals surface area contributed by atoms with Crippen LogP contribution in [0.1, 0.15) is 95.9 Å². The van der Waals surface area contributed by atoms with Crippen molar-refractivity contribution >= 4 is 22.5 Å². The minimum atomic E-state index is 0.0550. The fourth-order valence-electron chi connectivity index (χ4n) is 13.0. The fourth-order valence-corrected chi connectivity index (χ4v) is 14.0. The molecule has 1 aliphatic heterocycles. The van der Waals surface area contributed by atoms with Gasteiger partial charge in [-0.25, -0.2) is 15.0 Å². The topological polar surface area (TPSA) is 47.9 Å². The average Bonchev–Trinajstić information content (AvgIpc) is 3.60. The first-order chi connectivity index (χ1) is 31.9. The molecule has 0 N–H and O–H groups in total. The molecule has 14 rings (SSSR count). The van der Waals surface area contributed by atoms with Crippen molar-refractivity contribution in [3.05, 3.63) is 162 Å². The van der Waals surface area contributed by atoms with Gasteiger partial charge < -0.3 is 4.74 Å². The third-order valence-electron chi connectivity index (χ3n) is 16.1. The molecular weight excluding hydrogens is 823 g/mol. The molecular formula is C61H55N3OS. The molecule has 5 aliphatic carbocycles. The number of hydrogen-bond donors (Lipinski definition) is 0. The smallest absolute Gasteiger partial charge is 0.164 e. The standard InChI is InChI=1S/C61H55N3OS/c1-59(2,3)43-21-15-40(16-22-43)57-62-56(63-58(64-57)41-17-23-44(24-18-41)60(4,5)6)39-13-11-37(12-14-39)42-20-26-51-53(32-42)66-54-34-50-49(33-52(54)65-51)48-25-19-38-9-7-8-10-47(38)55(48)61(50)45-28-35-27-36(30-45)31-46(61)29-35/h7-26,32-36,45-46H,27-31H2,1-6H3. The van der Waals surface area contributed by atoms with Gasteiger partial charge in [-0.3, -0.25) is 0 Å². The van der Waals surface area contributed by atoms with Crippen molar-refractivity contribution in [2.24, 2.45) is 23.7 Å². The molecule has 1 aromatic heterocycles. The third-order valence-corrected chi connectivity index (χ3v) is 17.2. The molecule has 326 valence electrons. The summed E-state index contributed by atoms with van der Waals surface area (Å²) < 4.78 is 6.86. The van der Waals surface area contributed by atoms with Crippen LogP contribution in [-0.4, -0.2) is 15.0 Å². The summed E-state index contributed by atoms with van der Waals surface area (Å²) >= 11 is 1.88. The van der Waals surface area contributed by atoms with E-state index >= 15 is 0 Å². The summed E-state index contributed by atoms with van der Waals surface area (Å²) in [6, 6.07) is 51.6. The Kier molecular flexibility index (Phi) is 8.83. The molecule has 6 aliphatic rings. The highest BCUT2D eigenvalue weighted by atomic mass is 32.2. The monoisotopic (exact) mass is 877 g/mol. The second kappa shape index (κ2) is 14.5. The predicted molar refractivity (Wildman–Crippen MR) is 270 cm³/mol. The summed E-state index contributed by atoms with van der Waals surface area (Å²) in [5.74, 6) is 7.10. The van der Waals surface area contributed by atoms with Crippen molar-refractivity contribution in [1.29, 1.82) is 0 Å². The maximum Gasteiger partial charge on any atom is 0.164 e. The van der Waals surface area contributed by atoms with E-state index in [4.69, 9.17) is 19.7 Å². The molecule has 0 saturated heterocycles. The number of hydrogen-bond acceptors (Lipinski definition) is 5. The summed E-state index contributed by atoms with van der Waals surface area (Å²) in [6.07, 6.45) is 6.93. The van der Waals surface area contributed by atoms with E-state index in [1.807, 2.05) is 11.8 Å². The number of nitrogens with zero attached hydrogens (tertiary/aromatic N) is 3. The summed E-state index contributed by atoms with van der Waals surface area (Å²) in [5, 5.41) is 2.82. The minimum Gasteiger partial charge on any atom is -0.455 e. The van der Waals surface area contributed by atoms with E-state index in [0.29, 0.717) is 29.3 Å². The van der Waals surface area contributed by atoms with Crippen LogP contribution < -0.4 is 4.74 Å². The van der Waals surface area contributed by atoms with Crippen molar-refractivity contribution in [2.45, 2.75) is 99.7 Å². The van der Waals surface area contributed by atoms with Gasteiger partial charge in [0.2, 0.25) is 0 Å². The van der Waals surface area contributed by atoms with Crippen LogP contribution in [0.5, 0.6) is 11.5 Å². The van der Waals surface area contributed by atoms with Crippen LogP contribution in [-0.2, 0) is 16.2 Å². The van der Waals surface area contributed by atoms with Crippen molar-refractivity contribution in [2.75, 3.05) is 0 Å². The maximum absolute atomic E-state index is 6.86. The zero-order valence-corrected chi connectivity index (χ0v) is 39.6. The molecule has 1 spiro atoms. The third kappa shape index (κ3) is 6.29. The zero-order chi connectivity index (χ0) is 44.7. The number of ether oxygens (including phenoxy) is 1. The van der Waals surface area contributed by atoms with Crippen LogP contribution in [0.25, 0.3) is 67.2 Å². The Balaban J connectivity index is 0.839. The van der Waals surface area contributed by atoms with E-state index < -0.39 is 0 Å². The van der Waals surface area contributed by atoms with Gasteiger partial charge in [-0.15, -0.1) is 0 Å². The van der Waals surface area contributed by atoms with Gasteiger partial charge in [0.05, 0.1) is 9.79 Å². The Labute approximate surface area is 393 Å². The lowest BCUT2D eigenvalue weighted by atomic mass is 9.43. The molecule has 4 fully saturated rings. The van der Waals surface area contributed by atoms with Gasteiger partial charge in [0.1, 0.15) is 11.5 Å². The first kappa shape index (κ1) is 40.3. The van der Waals surface area contributed by atoms with Crippen molar-refractivity contribution in [3.8, 4) is 67.9 Å². The molecule has 4 nitrogen and oxygen atoms in total. The molecule has 0 atom stereocenters. The first-order valence-corrected chi connectivity index (χ1v) is 25.0. The Bertz CT molecular complexity index is 3160. The second-order valence-electron chi connectivity index (χ2n) is 22.1. The van der Waals surface area contributed by atoms with Gasteiger partial charge in [-0.2, -0.15) is 0 Å². The summed E-state index contributed by atoms with van der Waals surface area (Å²) in [5.41, 5.74) is 14.0. The molecule has 7 aromatic carbocycles. The Morgan fingerprint density at radius 2 is 1.00 bits per heavy atom. The molecule has 2 heterocycles. The van der Waals surface area contributed by atoms with Gasteiger partial charge >= 0.3 is 0 Å². The molecule has 66 heavy (non-hydrogen) atoms. The Morgan fingerprint density at radius 3 is 1.58 bits per heavy atom. The van der Waals surface area contributed by atoms with Crippen LogP contribution in [0, 0.1) is 23.7 Å². The van der Waals surface area contributed by atoms with E-state index in [-0.39, 0.29) is 16.2 Å². The lowest BCUT2D eigenvalue weighted by Crippen LogP contribution is -2.55. The van der Waals surface area contributed by atoms with E-state index in [0.717, 1.165) is 56.0 Å². The summed E-state index contributed by atoms with van der Waals surface area (Å²) in [6.45, 7) is 13.4. The van der Waals surface area contributed by atoms with E-state index in [1.54, 1.807) is 11.1 Å². The minimum absolute atomic E-state index is 0.0550. The van der Waals surface area contributed by atoms with Crippen molar-refractivity contribution < 1.29 is 4.74 Å². The predicted octanol–water partition coefficient (Wildman–Crippen LogP) is 16.3. The van der Waals surface area contributed by atoms with Crippen molar-refractivity contribution in [3.63, 3.8) is 0 Å². The quantitative estimate of drug-likeness (QED) is 0.176. The first-order valence-electron chi connectivity index (χ1n) is 24.2. The fraction of sp³-hybridized carbons (Fsp3) is 0.295. The van der Waals surface area contributed by atoms with Gasteiger partial charge in [0, 0.05) is 22.1 Å². The number of benzene rings is 7. The lowest BCUT2D eigenvalue weighted by Gasteiger charge is -2.61. The largest absolute Gasteiger partial charge is 0.455 e. The van der Waals surface area contributed by atoms with Crippen molar-refractivity contribution in [1.82, 2.24) is 15.0 Å². The van der Waals surface area contributed by atoms with Gasteiger partial charge in [0.25, 0.3) is 0 Å². The van der Waals surface area contributed by atoms with E-state index in [9.17, 15) is 0 Å². The Morgan fingerprint density at radius 1 is 0.485 bits per heavy atom. The van der Waals surface area contributed by atoms with Crippen LogP contribution in [0.3, 0.4) is 0 Å². The SMILES string of the molecule is CC(C)(C)c1ccc(-c2nc(-c3ccc(-c4ccc5c(c4)Sc4cc6c(cc4O5)-c4ccc5ccccc5c4C64C5CC6CC(C5)CC4C6)cc3)nc(-c3ccc(C(C)(C)C)cc3)n2)cc1. The lowest BCUT2D eigenvalue weighted by molar-refractivity contribution is -0.0394. The zero-order valence-electron chi connectivity index (χ0n) is 38.8. The maximum atomic E-state index is 6.86.